The summed E-state index contributed by atoms with van der Waals surface area (Å²) in [5, 5.41) is 12.7. The van der Waals surface area contributed by atoms with Gasteiger partial charge in [-0.2, -0.15) is 0 Å². The molecule has 5 nitrogen and oxygen atoms in total. The van der Waals surface area contributed by atoms with Gasteiger partial charge in [0, 0.05) is 25.3 Å². The minimum atomic E-state index is -0.807. The van der Waals surface area contributed by atoms with Gasteiger partial charge in [-0.05, 0) is 43.7 Å². The normalized spacial score (nSPS) is 26.1. The standard InChI is InChI=1S/C15H21N3O2/c19-15(20)18-9-3-6-12(10-18)17-13-7-1-4-11-5-2-8-16-14(11)13/h2,5,8,12-13,17H,1,3-4,6-7,9-10H2,(H,19,20). The molecule has 2 unspecified atom stereocenters. The highest BCUT2D eigenvalue weighted by molar-refractivity contribution is 5.65. The minimum absolute atomic E-state index is 0.248. The average Bonchev–Trinajstić information content (AvgIpc) is 2.48. The number of pyridine rings is 1. The van der Waals surface area contributed by atoms with Gasteiger partial charge in [0.15, 0.2) is 0 Å². The summed E-state index contributed by atoms with van der Waals surface area (Å²) in [6.07, 6.45) is 6.39. The molecule has 20 heavy (non-hydrogen) atoms. The fourth-order valence-electron chi connectivity index (χ4n) is 3.34. The number of likely N-dealkylation sites (tertiary alicyclic amines) is 1. The predicted molar refractivity (Wildman–Crippen MR) is 75.7 cm³/mol. The first kappa shape index (κ1) is 13.4. The fourth-order valence-corrected chi connectivity index (χ4v) is 3.34. The number of hydrogen-bond acceptors (Lipinski definition) is 3. The van der Waals surface area contributed by atoms with E-state index in [-0.39, 0.29) is 12.1 Å². The second-order valence-electron chi connectivity index (χ2n) is 5.73. The number of piperidine rings is 1. The Hall–Kier alpha value is -1.62. The van der Waals surface area contributed by atoms with Crippen molar-refractivity contribution in [2.45, 2.75) is 44.2 Å². The molecule has 108 valence electrons. The molecular formula is C15H21N3O2. The Morgan fingerprint density at radius 1 is 1.40 bits per heavy atom. The summed E-state index contributed by atoms with van der Waals surface area (Å²) in [5.41, 5.74) is 2.49. The van der Waals surface area contributed by atoms with E-state index in [1.54, 1.807) is 0 Å². The molecule has 2 atom stereocenters. The number of hydrogen-bond donors (Lipinski definition) is 2. The third-order valence-electron chi connectivity index (χ3n) is 4.32. The molecule has 5 heteroatoms. The van der Waals surface area contributed by atoms with Crippen LogP contribution in [0.1, 0.15) is 43.0 Å². The van der Waals surface area contributed by atoms with Gasteiger partial charge >= 0.3 is 6.09 Å². The highest BCUT2D eigenvalue weighted by atomic mass is 16.4. The predicted octanol–water partition coefficient (Wildman–Crippen LogP) is 2.19. The van der Waals surface area contributed by atoms with E-state index in [1.165, 1.54) is 16.9 Å². The monoisotopic (exact) mass is 275 g/mol. The number of aryl methyl sites for hydroxylation is 1. The highest BCUT2D eigenvalue weighted by Crippen LogP contribution is 2.28. The molecule has 2 heterocycles. The van der Waals surface area contributed by atoms with Crippen LogP contribution in [0.4, 0.5) is 4.79 Å². The second-order valence-corrected chi connectivity index (χ2v) is 5.73. The third kappa shape index (κ3) is 2.77. The van der Waals surface area contributed by atoms with Gasteiger partial charge in [-0.15, -0.1) is 0 Å². The van der Waals surface area contributed by atoms with Crippen LogP contribution >= 0.6 is 0 Å². The van der Waals surface area contributed by atoms with E-state index in [1.807, 2.05) is 12.3 Å². The molecular weight excluding hydrogens is 254 g/mol. The number of fused-ring (bicyclic) bond motifs is 1. The summed E-state index contributed by atoms with van der Waals surface area (Å²) in [6, 6.07) is 4.67. The molecule has 2 N–H and O–H groups in total. The molecule has 0 radical (unpaired) electrons. The van der Waals surface area contributed by atoms with Gasteiger partial charge in [0.1, 0.15) is 0 Å². The molecule has 1 amide bonds. The van der Waals surface area contributed by atoms with Crippen LogP contribution in [-0.4, -0.2) is 40.2 Å². The van der Waals surface area contributed by atoms with Crippen LogP contribution < -0.4 is 5.32 Å². The Labute approximate surface area is 119 Å². The SMILES string of the molecule is O=C(O)N1CCCC(NC2CCCc3cccnc32)C1. The van der Waals surface area contributed by atoms with Gasteiger partial charge in [0.25, 0.3) is 0 Å². The van der Waals surface area contributed by atoms with Crippen LogP contribution in [0.2, 0.25) is 0 Å². The van der Waals surface area contributed by atoms with Gasteiger partial charge in [-0.3, -0.25) is 4.98 Å². The topological polar surface area (TPSA) is 65.5 Å². The van der Waals surface area contributed by atoms with Gasteiger partial charge in [0.05, 0.1) is 11.7 Å². The smallest absolute Gasteiger partial charge is 0.407 e. The molecule has 1 saturated heterocycles. The molecule has 1 aliphatic carbocycles. The third-order valence-corrected chi connectivity index (χ3v) is 4.32. The highest BCUT2D eigenvalue weighted by Gasteiger charge is 2.28. The molecule has 0 spiro atoms. The lowest BCUT2D eigenvalue weighted by atomic mass is 9.91. The minimum Gasteiger partial charge on any atom is -0.465 e. The number of amides is 1. The number of nitrogens with one attached hydrogen (secondary N) is 1. The summed E-state index contributed by atoms with van der Waals surface area (Å²) in [4.78, 5) is 17.1. The maximum Gasteiger partial charge on any atom is 0.407 e. The van der Waals surface area contributed by atoms with E-state index in [2.05, 4.69) is 16.4 Å². The Kier molecular flexibility index (Phi) is 3.87. The van der Waals surface area contributed by atoms with Crippen molar-refractivity contribution in [3.05, 3.63) is 29.6 Å². The van der Waals surface area contributed by atoms with Crippen LogP contribution in [0.5, 0.6) is 0 Å². The maximum atomic E-state index is 11.1. The zero-order valence-corrected chi connectivity index (χ0v) is 11.6. The van der Waals surface area contributed by atoms with Crippen molar-refractivity contribution < 1.29 is 9.90 Å². The lowest BCUT2D eigenvalue weighted by Crippen LogP contribution is -2.48. The zero-order valence-electron chi connectivity index (χ0n) is 11.6. The molecule has 1 aliphatic heterocycles. The van der Waals surface area contributed by atoms with Crippen LogP contribution in [0.3, 0.4) is 0 Å². The van der Waals surface area contributed by atoms with E-state index >= 15 is 0 Å². The summed E-state index contributed by atoms with van der Waals surface area (Å²) in [6.45, 7) is 1.25. The second kappa shape index (κ2) is 5.79. The van der Waals surface area contributed by atoms with Gasteiger partial charge < -0.3 is 15.3 Å². The van der Waals surface area contributed by atoms with Crippen LogP contribution in [0, 0.1) is 0 Å². The van der Waals surface area contributed by atoms with Crippen LogP contribution in [0.25, 0.3) is 0 Å². The maximum absolute atomic E-state index is 11.1. The lowest BCUT2D eigenvalue weighted by molar-refractivity contribution is 0.123. The van der Waals surface area contributed by atoms with E-state index < -0.39 is 6.09 Å². The molecule has 3 rings (SSSR count). The van der Waals surface area contributed by atoms with Crippen LogP contribution in [0.15, 0.2) is 18.3 Å². The Morgan fingerprint density at radius 2 is 2.30 bits per heavy atom. The van der Waals surface area contributed by atoms with Crippen LogP contribution in [-0.2, 0) is 6.42 Å². The van der Waals surface area contributed by atoms with Crippen molar-refractivity contribution in [3.8, 4) is 0 Å². The number of rotatable bonds is 2. The van der Waals surface area contributed by atoms with E-state index in [4.69, 9.17) is 5.11 Å². The first-order valence-corrected chi connectivity index (χ1v) is 7.42. The quantitative estimate of drug-likeness (QED) is 0.868. The van der Waals surface area contributed by atoms with E-state index in [0.29, 0.717) is 13.1 Å². The van der Waals surface area contributed by atoms with Crippen molar-refractivity contribution in [2.24, 2.45) is 0 Å². The van der Waals surface area contributed by atoms with Crippen molar-refractivity contribution in [1.29, 1.82) is 0 Å². The number of carboxylic acid groups (broad SMARTS) is 1. The number of carbonyl (C=O) groups is 1. The zero-order chi connectivity index (χ0) is 13.9. The lowest BCUT2D eigenvalue weighted by Gasteiger charge is -2.35. The Balaban J connectivity index is 1.68. The van der Waals surface area contributed by atoms with Gasteiger partial charge in [-0.1, -0.05) is 6.07 Å². The molecule has 0 bridgehead atoms. The summed E-state index contributed by atoms with van der Waals surface area (Å²) in [5.74, 6) is 0. The molecule has 1 fully saturated rings. The average molecular weight is 275 g/mol. The van der Waals surface area contributed by atoms with Crippen molar-refractivity contribution in [3.63, 3.8) is 0 Å². The van der Waals surface area contributed by atoms with E-state index in [9.17, 15) is 4.79 Å². The molecule has 1 aromatic heterocycles. The Morgan fingerprint density at radius 3 is 3.15 bits per heavy atom. The first-order valence-electron chi connectivity index (χ1n) is 7.42. The summed E-state index contributed by atoms with van der Waals surface area (Å²) < 4.78 is 0. The number of nitrogens with zero attached hydrogens (tertiary/aromatic N) is 2. The van der Waals surface area contributed by atoms with Gasteiger partial charge in [0.2, 0.25) is 0 Å². The van der Waals surface area contributed by atoms with Crippen molar-refractivity contribution in [1.82, 2.24) is 15.2 Å². The van der Waals surface area contributed by atoms with E-state index in [0.717, 1.165) is 31.4 Å². The summed E-state index contributed by atoms with van der Waals surface area (Å²) >= 11 is 0. The molecule has 0 aromatic carbocycles. The fraction of sp³-hybridized carbons (Fsp3) is 0.600. The summed E-state index contributed by atoms with van der Waals surface area (Å²) in [7, 11) is 0. The molecule has 2 aliphatic rings. The first-order chi connectivity index (χ1) is 9.74. The van der Waals surface area contributed by atoms with Gasteiger partial charge in [-0.25, -0.2) is 4.79 Å². The van der Waals surface area contributed by atoms with Crippen molar-refractivity contribution in [2.75, 3.05) is 13.1 Å². The number of aromatic nitrogens is 1. The largest absolute Gasteiger partial charge is 0.465 e. The molecule has 0 saturated carbocycles. The molecule has 1 aromatic rings. The van der Waals surface area contributed by atoms with Crippen molar-refractivity contribution >= 4 is 6.09 Å². The Bertz CT molecular complexity index is 492.